The van der Waals surface area contributed by atoms with Crippen LogP contribution in [-0.4, -0.2) is 60.5 Å². The first-order valence-corrected chi connectivity index (χ1v) is 6.35. The van der Waals surface area contributed by atoms with Gasteiger partial charge in [-0.3, -0.25) is 4.79 Å². The number of hydrogen-bond donors (Lipinski definition) is 1. The Kier molecular flexibility index (Phi) is 4.36. The predicted molar refractivity (Wildman–Crippen MR) is 65.7 cm³/mol. The van der Waals surface area contributed by atoms with Gasteiger partial charge >= 0.3 is 5.97 Å². The number of carbonyl (C=O) groups excluding carboxylic acids is 1. The number of ether oxygens (including phenoxy) is 1. The first kappa shape index (κ1) is 13.8. The minimum Gasteiger partial charge on any atom is -0.477 e. The summed E-state index contributed by atoms with van der Waals surface area (Å²) in [5.74, 6) is -0.976. The van der Waals surface area contributed by atoms with Gasteiger partial charge in [0.15, 0.2) is 5.71 Å². The van der Waals surface area contributed by atoms with E-state index in [-0.39, 0.29) is 18.0 Å². The van der Waals surface area contributed by atoms with E-state index in [1.807, 2.05) is 0 Å². The molecule has 2 aliphatic rings. The molecule has 2 rings (SSSR count). The Morgan fingerprint density at radius 2 is 2.37 bits per heavy atom. The molecule has 1 N–H and O–H groups in total. The van der Waals surface area contributed by atoms with E-state index in [9.17, 15) is 9.59 Å². The second kappa shape index (κ2) is 6.01. The SMILES string of the molecule is COCC1CCCN(C(=O)C2CC(C(=O)O)=NO2)C1. The third-order valence-electron chi connectivity index (χ3n) is 3.42. The van der Waals surface area contributed by atoms with Gasteiger partial charge in [0.05, 0.1) is 6.61 Å². The first-order chi connectivity index (χ1) is 9.11. The van der Waals surface area contributed by atoms with Crippen molar-refractivity contribution in [3.05, 3.63) is 0 Å². The summed E-state index contributed by atoms with van der Waals surface area (Å²) in [4.78, 5) is 29.6. The third-order valence-corrected chi connectivity index (χ3v) is 3.42. The minimum absolute atomic E-state index is 0.0413. The highest BCUT2D eigenvalue weighted by atomic mass is 16.6. The van der Waals surface area contributed by atoms with Crippen molar-refractivity contribution in [2.24, 2.45) is 11.1 Å². The summed E-state index contributed by atoms with van der Waals surface area (Å²) < 4.78 is 5.11. The van der Waals surface area contributed by atoms with Crippen molar-refractivity contribution < 1.29 is 24.3 Å². The van der Waals surface area contributed by atoms with Crippen molar-refractivity contribution in [2.75, 3.05) is 26.8 Å². The van der Waals surface area contributed by atoms with Gasteiger partial charge in [0.1, 0.15) is 0 Å². The van der Waals surface area contributed by atoms with Gasteiger partial charge in [-0.05, 0) is 18.8 Å². The Morgan fingerprint density at radius 1 is 1.58 bits per heavy atom. The molecule has 0 aliphatic carbocycles. The smallest absolute Gasteiger partial charge is 0.353 e. The molecule has 106 valence electrons. The molecule has 0 bridgehead atoms. The second-order valence-electron chi connectivity index (χ2n) is 4.89. The molecule has 0 saturated carbocycles. The molecule has 0 aromatic carbocycles. The average Bonchev–Trinajstić information content (AvgIpc) is 2.88. The normalized spacial score (nSPS) is 26.8. The van der Waals surface area contributed by atoms with Crippen LogP contribution in [0.1, 0.15) is 19.3 Å². The number of amides is 1. The van der Waals surface area contributed by atoms with Crippen molar-refractivity contribution >= 4 is 17.6 Å². The summed E-state index contributed by atoms with van der Waals surface area (Å²) in [5.41, 5.74) is -0.0937. The number of methoxy groups -OCH3 is 1. The molecule has 2 heterocycles. The number of carboxylic acids is 1. The zero-order chi connectivity index (χ0) is 13.8. The van der Waals surface area contributed by atoms with E-state index >= 15 is 0 Å². The summed E-state index contributed by atoms with van der Waals surface area (Å²) >= 11 is 0. The predicted octanol–water partition coefficient (Wildman–Crippen LogP) is 0.101. The van der Waals surface area contributed by atoms with E-state index in [0.717, 1.165) is 12.8 Å². The van der Waals surface area contributed by atoms with E-state index < -0.39 is 12.1 Å². The topological polar surface area (TPSA) is 88.4 Å². The lowest BCUT2D eigenvalue weighted by molar-refractivity contribution is -0.144. The fourth-order valence-corrected chi connectivity index (χ4v) is 2.48. The van der Waals surface area contributed by atoms with E-state index in [2.05, 4.69) is 5.16 Å². The quantitative estimate of drug-likeness (QED) is 0.782. The molecule has 2 aliphatic heterocycles. The lowest BCUT2D eigenvalue weighted by atomic mass is 9.98. The van der Waals surface area contributed by atoms with Crippen LogP contribution in [-0.2, 0) is 19.2 Å². The van der Waals surface area contributed by atoms with Crippen LogP contribution in [0.25, 0.3) is 0 Å². The molecule has 19 heavy (non-hydrogen) atoms. The average molecular weight is 270 g/mol. The lowest BCUT2D eigenvalue weighted by Crippen LogP contribution is -2.46. The minimum atomic E-state index is -1.13. The number of nitrogens with zero attached hydrogens (tertiary/aromatic N) is 2. The van der Waals surface area contributed by atoms with Gasteiger partial charge in [-0.15, -0.1) is 0 Å². The van der Waals surface area contributed by atoms with E-state index in [4.69, 9.17) is 14.7 Å². The number of hydrogen-bond acceptors (Lipinski definition) is 5. The molecule has 1 amide bonds. The molecule has 2 unspecified atom stereocenters. The molecular weight excluding hydrogens is 252 g/mol. The zero-order valence-electron chi connectivity index (χ0n) is 10.9. The van der Waals surface area contributed by atoms with Gasteiger partial charge in [-0.25, -0.2) is 4.79 Å². The highest BCUT2D eigenvalue weighted by Gasteiger charge is 2.36. The molecule has 2 atom stereocenters. The maximum absolute atomic E-state index is 12.2. The van der Waals surface area contributed by atoms with Crippen molar-refractivity contribution in [2.45, 2.75) is 25.4 Å². The van der Waals surface area contributed by atoms with Crippen molar-refractivity contribution in [1.82, 2.24) is 4.90 Å². The summed E-state index contributed by atoms with van der Waals surface area (Å²) in [7, 11) is 1.65. The van der Waals surface area contributed by atoms with Crippen LogP contribution in [0.3, 0.4) is 0 Å². The number of aliphatic carboxylic acids is 1. The Bertz CT molecular complexity index is 394. The molecule has 1 saturated heterocycles. The van der Waals surface area contributed by atoms with E-state index in [1.165, 1.54) is 0 Å². The first-order valence-electron chi connectivity index (χ1n) is 6.35. The maximum atomic E-state index is 12.2. The van der Waals surface area contributed by atoms with E-state index in [1.54, 1.807) is 12.0 Å². The van der Waals surface area contributed by atoms with Gasteiger partial charge < -0.3 is 19.6 Å². The summed E-state index contributed by atoms with van der Waals surface area (Å²) in [6.45, 7) is 1.95. The van der Waals surface area contributed by atoms with Gasteiger partial charge in [-0.1, -0.05) is 5.16 Å². The molecule has 0 spiro atoms. The van der Waals surface area contributed by atoms with Crippen molar-refractivity contribution in [3.63, 3.8) is 0 Å². The van der Waals surface area contributed by atoms with Gasteiger partial charge in [0.25, 0.3) is 5.91 Å². The van der Waals surface area contributed by atoms with Crippen LogP contribution in [0.5, 0.6) is 0 Å². The third kappa shape index (κ3) is 3.23. The number of carbonyl (C=O) groups is 2. The number of rotatable bonds is 4. The van der Waals surface area contributed by atoms with Gasteiger partial charge in [0, 0.05) is 26.6 Å². The molecule has 0 aromatic rings. The van der Waals surface area contributed by atoms with E-state index in [0.29, 0.717) is 25.6 Å². The largest absolute Gasteiger partial charge is 0.477 e. The Hall–Kier alpha value is -1.63. The van der Waals surface area contributed by atoms with Crippen LogP contribution in [0.15, 0.2) is 5.16 Å². The molecule has 7 nitrogen and oxygen atoms in total. The number of oxime groups is 1. The Balaban J connectivity index is 1.88. The molecule has 0 radical (unpaired) electrons. The summed E-state index contributed by atoms with van der Waals surface area (Å²) in [6.07, 6.45) is 1.23. The van der Waals surface area contributed by atoms with Gasteiger partial charge in [-0.2, -0.15) is 0 Å². The highest BCUT2D eigenvalue weighted by molar-refractivity contribution is 6.36. The number of piperidine rings is 1. The Labute approximate surface area is 111 Å². The zero-order valence-corrected chi connectivity index (χ0v) is 10.9. The van der Waals surface area contributed by atoms with Crippen LogP contribution in [0, 0.1) is 5.92 Å². The Morgan fingerprint density at radius 3 is 3.00 bits per heavy atom. The molecular formula is C12H18N2O5. The fraction of sp³-hybridized carbons (Fsp3) is 0.750. The van der Waals surface area contributed by atoms with Crippen LogP contribution < -0.4 is 0 Å². The van der Waals surface area contributed by atoms with Crippen LogP contribution in [0.4, 0.5) is 0 Å². The molecule has 1 fully saturated rings. The lowest BCUT2D eigenvalue weighted by Gasteiger charge is -2.33. The molecule has 0 aromatic heterocycles. The summed E-state index contributed by atoms with van der Waals surface area (Å²) in [6, 6.07) is 0. The molecule has 7 heteroatoms. The van der Waals surface area contributed by atoms with Crippen molar-refractivity contribution in [1.29, 1.82) is 0 Å². The number of carboxylic acid groups (broad SMARTS) is 1. The van der Waals surface area contributed by atoms with Crippen molar-refractivity contribution in [3.8, 4) is 0 Å². The number of likely N-dealkylation sites (tertiary alicyclic amines) is 1. The standard InChI is InChI=1S/C12H18N2O5/c1-18-7-8-3-2-4-14(6-8)11(15)10-5-9(12(16)17)13-19-10/h8,10H,2-7H2,1H3,(H,16,17). The monoisotopic (exact) mass is 270 g/mol. The maximum Gasteiger partial charge on any atom is 0.353 e. The van der Waals surface area contributed by atoms with Crippen LogP contribution >= 0.6 is 0 Å². The van der Waals surface area contributed by atoms with Crippen LogP contribution in [0.2, 0.25) is 0 Å². The highest BCUT2D eigenvalue weighted by Crippen LogP contribution is 2.20. The van der Waals surface area contributed by atoms with Gasteiger partial charge in [0.2, 0.25) is 6.10 Å². The second-order valence-corrected chi connectivity index (χ2v) is 4.89. The fourth-order valence-electron chi connectivity index (χ4n) is 2.48. The summed E-state index contributed by atoms with van der Waals surface area (Å²) in [5, 5.41) is 12.2.